The molecule has 0 unspecified atom stereocenters. The van der Waals surface area contributed by atoms with Gasteiger partial charge in [0.1, 0.15) is 5.75 Å². The molecule has 3 rings (SSSR count). The van der Waals surface area contributed by atoms with Crippen LogP contribution in [0.2, 0.25) is 5.02 Å². The number of ether oxygens (including phenoxy) is 1. The van der Waals surface area contributed by atoms with Crippen LogP contribution >= 0.6 is 11.6 Å². The van der Waals surface area contributed by atoms with Gasteiger partial charge < -0.3 is 9.84 Å². The van der Waals surface area contributed by atoms with Crippen molar-refractivity contribution in [3.05, 3.63) is 75.5 Å². The van der Waals surface area contributed by atoms with Gasteiger partial charge in [-0.25, -0.2) is 4.79 Å². The number of anilines is 1. The second kappa shape index (κ2) is 7.29. The summed E-state index contributed by atoms with van der Waals surface area (Å²) in [7, 11) is 1.27. The lowest BCUT2D eigenvalue weighted by atomic mass is 10.0. The molecule has 0 aromatic heterocycles. The Morgan fingerprint density at radius 3 is 2.56 bits per heavy atom. The van der Waals surface area contributed by atoms with Gasteiger partial charge in [-0.15, -0.1) is 0 Å². The lowest BCUT2D eigenvalue weighted by molar-refractivity contribution is -0.136. The number of methoxy groups -OCH3 is 1. The van der Waals surface area contributed by atoms with Crippen molar-refractivity contribution in [2.45, 2.75) is 13.8 Å². The van der Waals surface area contributed by atoms with E-state index in [4.69, 9.17) is 16.3 Å². The number of allylic oxidation sites excluding steroid dienone is 1. The fraction of sp³-hybridized carbons (Fsp3) is 0.143. The number of hydrogen-bond acceptors (Lipinski definition) is 4. The van der Waals surface area contributed by atoms with Crippen molar-refractivity contribution in [2.24, 2.45) is 0 Å². The van der Waals surface area contributed by atoms with Crippen molar-refractivity contribution in [3.63, 3.8) is 0 Å². The Hall–Kier alpha value is -3.05. The van der Waals surface area contributed by atoms with Gasteiger partial charge in [-0.05, 0) is 55.3 Å². The number of aromatic hydroxyl groups is 1. The number of rotatable bonds is 3. The van der Waals surface area contributed by atoms with Crippen molar-refractivity contribution in [2.75, 3.05) is 12.0 Å². The molecule has 2 aromatic rings. The van der Waals surface area contributed by atoms with E-state index in [2.05, 4.69) is 0 Å². The third kappa shape index (κ3) is 3.46. The molecule has 6 heteroatoms. The first-order chi connectivity index (χ1) is 12.8. The number of nitrogens with zero attached hydrogens (tertiary/aromatic N) is 1. The third-order valence-electron chi connectivity index (χ3n) is 4.38. The highest BCUT2D eigenvalue weighted by Gasteiger charge is 2.38. The first-order valence-corrected chi connectivity index (χ1v) is 8.62. The smallest absolute Gasteiger partial charge is 0.340 e. The Morgan fingerprint density at radius 2 is 1.93 bits per heavy atom. The monoisotopic (exact) mass is 383 g/mol. The zero-order valence-electron chi connectivity index (χ0n) is 15.1. The molecule has 1 heterocycles. The van der Waals surface area contributed by atoms with E-state index in [1.165, 1.54) is 24.1 Å². The molecule has 0 saturated heterocycles. The summed E-state index contributed by atoms with van der Waals surface area (Å²) in [6.45, 7) is 3.55. The average Bonchev–Trinajstić information content (AvgIpc) is 2.87. The molecule has 0 fully saturated rings. The van der Waals surface area contributed by atoms with Crippen LogP contribution in [0.5, 0.6) is 5.75 Å². The van der Waals surface area contributed by atoms with Gasteiger partial charge in [0.15, 0.2) is 0 Å². The number of halogens is 1. The summed E-state index contributed by atoms with van der Waals surface area (Å²) in [4.78, 5) is 26.9. The normalized spacial score (nSPS) is 15.6. The van der Waals surface area contributed by atoms with E-state index in [-0.39, 0.29) is 22.8 Å². The van der Waals surface area contributed by atoms with Crippen LogP contribution in [0.15, 0.2) is 59.3 Å². The minimum atomic E-state index is -0.604. The predicted octanol–water partition coefficient (Wildman–Crippen LogP) is 4.23. The maximum atomic E-state index is 13.1. The highest BCUT2D eigenvalue weighted by atomic mass is 35.5. The van der Waals surface area contributed by atoms with Crippen molar-refractivity contribution >= 4 is 35.2 Å². The molecule has 5 nitrogen and oxygen atoms in total. The van der Waals surface area contributed by atoms with Crippen LogP contribution in [-0.2, 0) is 14.3 Å². The summed E-state index contributed by atoms with van der Waals surface area (Å²) in [6.07, 6.45) is 1.56. The van der Waals surface area contributed by atoms with Crippen LogP contribution < -0.4 is 4.90 Å². The van der Waals surface area contributed by atoms with E-state index in [0.717, 1.165) is 5.56 Å². The Morgan fingerprint density at radius 1 is 1.19 bits per heavy atom. The first kappa shape index (κ1) is 18.7. The van der Waals surface area contributed by atoms with Crippen molar-refractivity contribution in [1.82, 2.24) is 0 Å². The molecule has 138 valence electrons. The van der Waals surface area contributed by atoms with Gasteiger partial charge in [0.05, 0.1) is 23.9 Å². The molecule has 1 aliphatic rings. The first-order valence-electron chi connectivity index (χ1n) is 8.24. The number of phenolic OH excluding ortho intramolecular Hbond substituents is 1. The molecular formula is C21H18ClNO4. The van der Waals surface area contributed by atoms with Crippen molar-refractivity contribution < 1.29 is 19.4 Å². The molecule has 0 saturated carbocycles. The maximum Gasteiger partial charge on any atom is 0.340 e. The van der Waals surface area contributed by atoms with E-state index >= 15 is 0 Å². The number of phenols is 1. The highest BCUT2D eigenvalue weighted by molar-refractivity contribution is 6.32. The van der Waals surface area contributed by atoms with Crippen LogP contribution in [0.3, 0.4) is 0 Å². The van der Waals surface area contributed by atoms with Crippen LogP contribution in [0, 0.1) is 6.92 Å². The summed E-state index contributed by atoms with van der Waals surface area (Å²) in [5, 5.41) is 10.2. The number of carbonyl (C=O) groups excluding carboxylic acids is 2. The summed E-state index contributed by atoms with van der Waals surface area (Å²) < 4.78 is 4.88. The number of esters is 1. The van der Waals surface area contributed by atoms with E-state index in [1.54, 1.807) is 37.3 Å². The number of hydrogen-bond donors (Lipinski definition) is 1. The zero-order valence-corrected chi connectivity index (χ0v) is 15.9. The van der Waals surface area contributed by atoms with Gasteiger partial charge in [-0.2, -0.15) is 0 Å². The molecule has 27 heavy (non-hydrogen) atoms. The molecule has 0 aliphatic carbocycles. The van der Waals surface area contributed by atoms with Crippen molar-refractivity contribution in [1.29, 1.82) is 0 Å². The highest BCUT2D eigenvalue weighted by Crippen LogP contribution is 2.36. The van der Waals surface area contributed by atoms with Gasteiger partial charge in [0.2, 0.25) is 0 Å². The van der Waals surface area contributed by atoms with Gasteiger partial charge >= 0.3 is 5.97 Å². The number of carbonyl (C=O) groups is 2. The molecule has 0 spiro atoms. The van der Waals surface area contributed by atoms with Gasteiger partial charge in [-0.1, -0.05) is 29.8 Å². The Bertz CT molecular complexity index is 1010. The molecule has 1 N–H and O–H groups in total. The van der Waals surface area contributed by atoms with Gasteiger partial charge in [-0.3, -0.25) is 9.69 Å². The minimum absolute atomic E-state index is 0.0669. The molecule has 0 atom stereocenters. The minimum Gasteiger partial charge on any atom is -0.508 e. The quantitative estimate of drug-likeness (QED) is 0.636. The molecule has 1 aliphatic heterocycles. The SMILES string of the molecule is COC(=O)C1=C(C)N(c2ccc(C)c(Cl)c2)C(=O)/C1=C\c1cccc(O)c1. The van der Waals surface area contributed by atoms with Crippen LogP contribution in [0.4, 0.5) is 5.69 Å². The molecule has 0 bridgehead atoms. The summed E-state index contributed by atoms with van der Waals surface area (Å²) >= 11 is 6.21. The summed E-state index contributed by atoms with van der Waals surface area (Å²) in [5.74, 6) is -0.901. The summed E-state index contributed by atoms with van der Waals surface area (Å²) in [6, 6.07) is 11.7. The second-order valence-corrected chi connectivity index (χ2v) is 6.59. The predicted molar refractivity (Wildman–Crippen MR) is 104 cm³/mol. The largest absolute Gasteiger partial charge is 0.508 e. The topological polar surface area (TPSA) is 66.8 Å². The zero-order chi connectivity index (χ0) is 19.7. The average molecular weight is 384 g/mol. The van der Waals surface area contributed by atoms with E-state index in [9.17, 15) is 14.7 Å². The maximum absolute atomic E-state index is 13.1. The Labute approximate surface area is 162 Å². The number of benzene rings is 2. The Kier molecular flexibility index (Phi) is 5.06. The fourth-order valence-electron chi connectivity index (χ4n) is 2.99. The lowest BCUT2D eigenvalue weighted by Gasteiger charge is -2.18. The third-order valence-corrected chi connectivity index (χ3v) is 4.79. The van der Waals surface area contributed by atoms with Crippen molar-refractivity contribution in [3.8, 4) is 5.75 Å². The van der Waals surface area contributed by atoms with Crippen LogP contribution in [-0.4, -0.2) is 24.1 Å². The molecule has 0 radical (unpaired) electrons. The number of aryl methyl sites for hydroxylation is 1. The molecule has 2 aromatic carbocycles. The van der Waals surface area contributed by atoms with E-state index in [1.807, 2.05) is 13.0 Å². The van der Waals surface area contributed by atoms with E-state index < -0.39 is 5.97 Å². The molecule has 1 amide bonds. The second-order valence-electron chi connectivity index (χ2n) is 6.18. The lowest BCUT2D eigenvalue weighted by Crippen LogP contribution is -2.24. The fourth-order valence-corrected chi connectivity index (χ4v) is 3.17. The number of amides is 1. The molecular weight excluding hydrogens is 366 g/mol. The van der Waals surface area contributed by atoms with Gasteiger partial charge in [0.25, 0.3) is 5.91 Å². The standard InChI is InChI=1S/C21H18ClNO4/c1-12-7-8-15(11-18(12)22)23-13(2)19(21(26)27-3)17(20(23)25)10-14-5-4-6-16(24)9-14/h4-11,24H,1-3H3/b17-10-. The van der Waals surface area contributed by atoms with E-state index in [0.29, 0.717) is 22.0 Å². The van der Waals surface area contributed by atoms with Crippen LogP contribution in [0.1, 0.15) is 18.1 Å². The summed E-state index contributed by atoms with van der Waals surface area (Å²) in [5.41, 5.74) is 2.88. The Balaban J connectivity index is 2.15. The van der Waals surface area contributed by atoms with Gasteiger partial charge in [0, 0.05) is 10.7 Å². The van der Waals surface area contributed by atoms with Crippen LogP contribution in [0.25, 0.3) is 6.08 Å².